The number of hydrogen-bond acceptors (Lipinski definition) is 4. The fraction of sp³-hybridized carbons (Fsp3) is 0.455. The van der Waals surface area contributed by atoms with Crippen LogP contribution in [0.5, 0.6) is 11.5 Å². The van der Waals surface area contributed by atoms with E-state index < -0.39 is 0 Å². The van der Waals surface area contributed by atoms with E-state index in [1.807, 2.05) is 24.3 Å². The molecule has 0 heterocycles. The lowest BCUT2D eigenvalue weighted by molar-refractivity contribution is 0.0479. The van der Waals surface area contributed by atoms with Crippen LogP contribution in [0.3, 0.4) is 0 Å². The van der Waals surface area contributed by atoms with Gasteiger partial charge in [-0.1, -0.05) is 52.8 Å². The Hall–Kier alpha value is -1.61. The molecule has 1 atom stereocenters. The molecule has 0 aliphatic rings. The van der Waals surface area contributed by atoms with Gasteiger partial charge in [-0.25, -0.2) is 0 Å². The van der Waals surface area contributed by atoms with Crippen molar-refractivity contribution >= 4 is 13.9 Å². The molecule has 148 valence electrons. The van der Waals surface area contributed by atoms with E-state index in [9.17, 15) is 5.11 Å². The second-order valence-corrected chi connectivity index (χ2v) is 8.28. The van der Waals surface area contributed by atoms with Gasteiger partial charge in [-0.3, -0.25) is 0 Å². The van der Waals surface area contributed by atoms with Gasteiger partial charge in [0.05, 0.1) is 13.7 Å². The Bertz CT molecular complexity index is 741. The van der Waals surface area contributed by atoms with E-state index >= 15 is 0 Å². The van der Waals surface area contributed by atoms with Crippen molar-refractivity contribution in [1.82, 2.24) is 0 Å². The van der Waals surface area contributed by atoms with Crippen LogP contribution in [0.25, 0.3) is 0 Å². The van der Waals surface area contributed by atoms with Gasteiger partial charge in [-0.05, 0) is 42.3 Å². The molecule has 27 heavy (non-hydrogen) atoms. The SMILES string of the molecule is CCC(CC)(Pc1c(C)cccc1CO)c1cccc(OC)c1OCOC. The predicted octanol–water partition coefficient (Wildman–Crippen LogP) is 4.50. The number of rotatable bonds is 10. The summed E-state index contributed by atoms with van der Waals surface area (Å²) in [6.45, 7) is 6.77. The zero-order valence-corrected chi connectivity index (χ0v) is 18.0. The topological polar surface area (TPSA) is 47.9 Å². The average Bonchev–Trinajstić information content (AvgIpc) is 2.71. The standard InChI is InChI=1S/C22H31O4P/c1-6-22(7-2,27-21-16(3)10-8-11-17(21)14-23)18-12-9-13-19(25-5)20(18)26-15-24-4/h8-13,23,27H,6-7,14-15H2,1-5H3. The van der Waals surface area contributed by atoms with E-state index in [-0.39, 0.29) is 18.6 Å². The van der Waals surface area contributed by atoms with Gasteiger partial charge in [-0.15, -0.1) is 0 Å². The molecule has 0 aliphatic heterocycles. The highest BCUT2D eigenvalue weighted by Crippen LogP contribution is 2.52. The van der Waals surface area contributed by atoms with Crippen LogP contribution >= 0.6 is 8.58 Å². The predicted molar refractivity (Wildman–Crippen MR) is 113 cm³/mol. The summed E-state index contributed by atoms with van der Waals surface area (Å²) in [6.07, 6.45) is 1.91. The summed E-state index contributed by atoms with van der Waals surface area (Å²) >= 11 is 0. The van der Waals surface area contributed by atoms with Crippen molar-refractivity contribution in [3.63, 3.8) is 0 Å². The number of benzene rings is 2. The molecule has 0 fully saturated rings. The van der Waals surface area contributed by atoms with Crippen LogP contribution in [0.2, 0.25) is 0 Å². The maximum Gasteiger partial charge on any atom is 0.188 e. The van der Waals surface area contributed by atoms with Gasteiger partial charge in [0.15, 0.2) is 18.3 Å². The molecule has 0 aliphatic carbocycles. The Morgan fingerprint density at radius 3 is 2.33 bits per heavy atom. The van der Waals surface area contributed by atoms with Gasteiger partial charge in [0.25, 0.3) is 0 Å². The van der Waals surface area contributed by atoms with Gasteiger partial charge in [0.2, 0.25) is 0 Å². The summed E-state index contributed by atoms with van der Waals surface area (Å²) in [7, 11) is 3.78. The molecular weight excluding hydrogens is 359 g/mol. The first-order chi connectivity index (χ1) is 13.1. The number of hydrogen-bond donors (Lipinski definition) is 1. The third-order valence-electron chi connectivity index (χ3n) is 5.14. The highest BCUT2D eigenvalue weighted by Gasteiger charge is 2.34. The summed E-state index contributed by atoms with van der Waals surface area (Å²) in [5.74, 6) is 1.46. The molecule has 1 unspecified atom stereocenters. The molecule has 2 rings (SSSR count). The highest BCUT2D eigenvalue weighted by molar-refractivity contribution is 7.48. The lowest BCUT2D eigenvalue weighted by Gasteiger charge is -2.35. The molecule has 5 heteroatoms. The first-order valence-electron chi connectivity index (χ1n) is 9.33. The molecule has 0 saturated carbocycles. The van der Waals surface area contributed by atoms with Crippen LogP contribution < -0.4 is 14.8 Å². The first-order valence-corrected chi connectivity index (χ1v) is 10.3. The van der Waals surface area contributed by atoms with Gasteiger partial charge in [0.1, 0.15) is 0 Å². The van der Waals surface area contributed by atoms with E-state index in [2.05, 4.69) is 32.9 Å². The number of para-hydroxylation sites is 1. The fourth-order valence-electron chi connectivity index (χ4n) is 3.47. The monoisotopic (exact) mass is 390 g/mol. The fourth-order valence-corrected chi connectivity index (χ4v) is 5.24. The van der Waals surface area contributed by atoms with Crippen molar-refractivity contribution in [2.45, 2.75) is 45.4 Å². The smallest absolute Gasteiger partial charge is 0.188 e. The molecule has 0 amide bonds. The van der Waals surface area contributed by atoms with Gasteiger partial charge in [0, 0.05) is 17.8 Å². The Morgan fingerprint density at radius 1 is 1.04 bits per heavy atom. The van der Waals surface area contributed by atoms with Gasteiger partial charge >= 0.3 is 0 Å². The van der Waals surface area contributed by atoms with Crippen LogP contribution in [-0.2, 0) is 16.5 Å². The van der Waals surface area contributed by atoms with Crippen molar-refractivity contribution in [1.29, 1.82) is 0 Å². The normalized spacial score (nSPS) is 11.9. The van der Waals surface area contributed by atoms with Crippen molar-refractivity contribution in [2.75, 3.05) is 21.0 Å². The Morgan fingerprint density at radius 2 is 1.74 bits per heavy atom. The zero-order valence-electron chi connectivity index (χ0n) is 17.0. The second kappa shape index (κ2) is 10.1. The van der Waals surface area contributed by atoms with E-state index in [0.717, 1.165) is 29.7 Å². The van der Waals surface area contributed by atoms with Crippen LogP contribution in [0.1, 0.15) is 43.4 Å². The first kappa shape index (κ1) is 21.7. The van der Waals surface area contributed by atoms with Crippen molar-refractivity contribution in [2.24, 2.45) is 0 Å². The van der Waals surface area contributed by atoms with Crippen LogP contribution in [-0.4, -0.2) is 26.1 Å². The summed E-state index contributed by atoms with van der Waals surface area (Å²) in [5.41, 5.74) is 3.35. The number of aryl methyl sites for hydroxylation is 1. The maximum absolute atomic E-state index is 9.85. The van der Waals surface area contributed by atoms with E-state index in [0.29, 0.717) is 14.3 Å². The largest absolute Gasteiger partial charge is 0.493 e. The average molecular weight is 390 g/mol. The van der Waals surface area contributed by atoms with Crippen molar-refractivity contribution in [3.05, 3.63) is 53.1 Å². The number of ether oxygens (including phenoxy) is 3. The third kappa shape index (κ3) is 4.63. The minimum absolute atomic E-state index is 0.0542. The molecule has 0 spiro atoms. The van der Waals surface area contributed by atoms with Gasteiger partial charge in [-0.2, -0.15) is 0 Å². The van der Waals surface area contributed by atoms with E-state index in [1.54, 1.807) is 14.2 Å². The van der Waals surface area contributed by atoms with Crippen molar-refractivity contribution in [3.8, 4) is 11.5 Å². The number of methoxy groups -OCH3 is 2. The molecule has 1 N–H and O–H groups in total. The minimum atomic E-state index is -0.104. The zero-order chi connectivity index (χ0) is 19.9. The third-order valence-corrected chi connectivity index (χ3v) is 7.56. The quantitative estimate of drug-likeness (QED) is 0.479. The molecule has 2 aromatic rings. The summed E-state index contributed by atoms with van der Waals surface area (Å²) < 4.78 is 16.7. The lowest BCUT2D eigenvalue weighted by Crippen LogP contribution is -2.25. The van der Waals surface area contributed by atoms with Crippen LogP contribution in [0.4, 0.5) is 0 Å². The Kier molecular flexibility index (Phi) is 8.09. The summed E-state index contributed by atoms with van der Waals surface area (Å²) in [5, 5.41) is 11.0. The van der Waals surface area contributed by atoms with E-state index in [4.69, 9.17) is 14.2 Å². The summed E-state index contributed by atoms with van der Waals surface area (Å²) in [6, 6.07) is 12.2. The molecule has 0 bridgehead atoms. The molecule has 4 nitrogen and oxygen atoms in total. The molecule has 0 saturated heterocycles. The van der Waals surface area contributed by atoms with E-state index in [1.165, 1.54) is 10.9 Å². The molecular formula is C22H31O4P. The molecule has 0 radical (unpaired) electrons. The molecule has 0 aromatic heterocycles. The number of aliphatic hydroxyl groups excluding tert-OH is 1. The Balaban J connectivity index is 2.60. The number of aliphatic hydroxyl groups is 1. The lowest BCUT2D eigenvalue weighted by atomic mass is 9.91. The highest BCUT2D eigenvalue weighted by atomic mass is 31.1. The van der Waals surface area contributed by atoms with Crippen LogP contribution in [0, 0.1) is 6.92 Å². The molecule has 2 aromatic carbocycles. The van der Waals surface area contributed by atoms with Crippen LogP contribution in [0.15, 0.2) is 36.4 Å². The Labute approximate surface area is 164 Å². The summed E-state index contributed by atoms with van der Waals surface area (Å²) in [4.78, 5) is 0. The van der Waals surface area contributed by atoms with Gasteiger partial charge < -0.3 is 19.3 Å². The maximum atomic E-state index is 9.85. The van der Waals surface area contributed by atoms with Crippen molar-refractivity contribution < 1.29 is 19.3 Å². The minimum Gasteiger partial charge on any atom is -0.493 e. The second-order valence-electron chi connectivity index (χ2n) is 6.57.